The molecule has 0 unspecified atom stereocenters. The van der Waals surface area contributed by atoms with Crippen molar-refractivity contribution in [3.63, 3.8) is 0 Å². The molecule has 0 radical (unpaired) electrons. The van der Waals surface area contributed by atoms with Crippen molar-refractivity contribution in [1.82, 2.24) is 10.2 Å². The standard InChI is InChI=1S/C24H23ClN4O4S/c1-3-22-28-29-24(34-22)27-23(30)17(15-26)13-16-9-10-20(21(14-16)31-4-2)33-12-11-32-19-8-6-5-7-18(19)25/h5-10,13-14H,3-4,11-12H2,1-2H3,(H,27,29,30). The second kappa shape index (κ2) is 12.6. The number of aromatic nitrogens is 2. The Hall–Kier alpha value is -3.61. The van der Waals surface area contributed by atoms with E-state index >= 15 is 0 Å². The maximum Gasteiger partial charge on any atom is 0.268 e. The van der Waals surface area contributed by atoms with Gasteiger partial charge in [0.2, 0.25) is 5.13 Å². The van der Waals surface area contributed by atoms with Crippen molar-refractivity contribution in [2.24, 2.45) is 0 Å². The first-order valence-electron chi connectivity index (χ1n) is 10.6. The number of anilines is 1. The number of nitriles is 1. The van der Waals surface area contributed by atoms with Crippen LogP contribution in [-0.2, 0) is 11.2 Å². The average molecular weight is 499 g/mol. The first kappa shape index (κ1) is 25.0. The quantitative estimate of drug-likeness (QED) is 0.221. The Kier molecular flexibility index (Phi) is 9.26. The Balaban J connectivity index is 1.66. The summed E-state index contributed by atoms with van der Waals surface area (Å²) >= 11 is 7.35. The van der Waals surface area contributed by atoms with Gasteiger partial charge in [-0.05, 0) is 49.2 Å². The van der Waals surface area contributed by atoms with Crippen molar-refractivity contribution < 1.29 is 19.0 Å². The van der Waals surface area contributed by atoms with E-state index in [1.165, 1.54) is 17.4 Å². The molecule has 3 rings (SSSR count). The number of para-hydroxylation sites is 1. The van der Waals surface area contributed by atoms with E-state index in [2.05, 4.69) is 15.5 Å². The van der Waals surface area contributed by atoms with E-state index in [1.807, 2.05) is 32.0 Å². The molecule has 0 spiro atoms. The molecule has 0 bridgehead atoms. The van der Waals surface area contributed by atoms with Crippen LogP contribution in [0.15, 0.2) is 48.0 Å². The fourth-order valence-electron chi connectivity index (χ4n) is 2.79. The second-order valence-electron chi connectivity index (χ2n) is 6.74. The predicted molar refractivity (Wildman–Crippen MR) is 132 cm³/mol. The van der Waals surface area contributed by atoms with Crippen LogP contribution in [0.1, 0.15) is 24.4 Å². The molecule has 34 heavy (non-hydrogen) atoms. The lowest BCUT2D eigenvalue weighted by molar-refractivity contribution is -0.112. The number of nitrogens with zero attached hydrogens (tertiary/aromatic N) is 3. The van der Waals surface area contributed by atoms with Gasteiger partial charge in [-0.3, -0.25) is 10.1 Å². The van der Waals surface area contributed by atoms with Gasteiger partial charge in [0.1, 0.15) is 35.6 Å². The van der Waals surface area contributed by atoms with E-state index in [9.17, 15) is 10.1 Å². The predicted octanol–water partition coefficient (Wildman–Crippen LogP) is 5.16. The zero-order valence-electron chi connectivity index (χ0n) is 18.7. The first-order valence-corrected chi connectivity index (χ1v) is 11.8. The SMILES string of the molecule is CCOc1cc(C=C(C#N)C(=O)Nc2nnc(CC)s2)ccc1OCCOc1ccccc1Cl. The van der Waals surface area contributed by atoms with Crippen LogP contribution in [0.25, 0.3) is 6.08 Å². The maximum absolute atomic E-state index is 12.5. The number of amides is 1. The molecule has 0 aliphatic rings. The maximum atomic E-state index is 12.5. The largest absolute Gasteiger partial charge is 0.490 e. The van der Waals surface area contributed by atoms with E-state index in [0.717, 1.165) is 11.4 Å². The lowest BCUT2D eigenvalue weighted by Gasteiger charge is -2.13. The van der Waals surface area contributed by atoms with Gasteiger partial charge >= 0.3 is 0 Å². The highest BCUT2D eigenvalue weighted by atomic mass is 35.5. The highest BCUT2D eigenvalue weighted by Gasteiger charge is 2.14. The van der Waals surface area contributed by atoms with Crippen LogP contribution in [0.5, 0.6) is 17.2 Å². The number of aryl methyl sites for hydroxylation is 1. The van der Waals surface area contributed by atoms with Gasteiger partial charge in [-0.15, -0.1) is 10.2 Å². The van der Waals surface area contributed by atoms with Crippen LogP contribution < -0.4 is 19.5 Å². The van der Waals surface area contributed by atoms with Gasteiger partial charge in [0, 0.05) is 0 Å². The topological polar surface area (TPSA) is 106 Å². The fourth-order valence-corrected chi connectivity index (χ4v) is 3.66. The van der Waals surface area contributed by atoms with Crippen LogP contribution in [-0.4, -0.2) is 35.9 Å². The van der Waals surface area contributed by atoms with E-state index in [0.29, 0.717) is 46.2 Å². The monoisotopic (exact) mass is 498 g/mol. The van der Waals surface area contributed by atoms with E-state index in [4.69, 9.17) is 25.8 Å². The number of ether oxygens (including phenoxy) is 3. The van der Waals surface area contributed by atoms with Gasteiger partial charge in [0.15, 0.2) is 11.5 Å². The molecule has 0 fully saturated rings. The number of hydrogen-bond donors (Lipinski definition) is 1. The third kappa shape index (κ3) is 6.94. The zero-order chi connectivity index (χ0) is 24.3. The summed E-state index contributed by atoms with van der Waals surface area (Å²) in [6, 6.07) is 14.3. The van der Waals surface area contributed by atoms with Crippen molar-refractivity contribution in [2.75, 3.05) is 25.1 Å². The summed E-state index contributed by atoms with van der Waals surface area (Å²) in [6.07, 6.45) is 2.19. The molecule has 3 aromatic rings. The van der Waals surface area contributed by atoms with Crippen LogP contribution in [0.2, 0.25) is 5.02 Å². The lowest BCUT2D eigenvalue weighted by atomic mass is 10.1. The molecular weight excluding hydrogens is 476 g/mol. The van der Waals surface area contributed by atoms with Gasteiger partial charge < -0.3 is 14.2 Å². The van der Waals surface area contributed by atoms with Crippen molar-refractivity contribution in [1.29, 1.82) is 5.26 Å². The molecule has 1 aromatic heterocycles. The Bertz CT molecular complexity index is 1210. The molecule has 8 nitrogen and oxygen atoms in total. The van der Waals surface area contributed by atoms with Crippen molar-refractivity contribution in [3.05, 3.63) is 63.6 Å². The fraction of sp³-hybridized carbons (Fsp3) is 0.250. The molecule has 2 aromatic carbocycles. The summed E-state index contributed by atoms with van der Waals surface area (Å²) in [5.74, 6) is 1.03. The van der Waals surface area contributed by atoms with Crippen LogP contribution in [0.3, 0.4) is 0 Å². The molecule has 176 valence electrons. The van der Waals surface area contributed by atoms with Crippen LogP contribution in [0, 0.1) is 11.3 Å². The molecule has 0 aliphatic heterocycles. The van der Waals surface area contributed by atoms with Gasteiger partial charge in [-0.2, -0.15) is 5.26 Å². The minimum absolute atomic E-state index is 0.0718. The molecule has 1 amide bonds. The number of halogens is 1. The molecule has 10 heteroatoms. The highest BCUT2D eigenvalue weighted by molar-refractivity contribution is 7.15. The molecule has 0 aliphatic carbocycles. The number of benzene rings is 2. The first-order chi connectivity index (χ1) is 16.5. The van der Waals surface area contributed by atoms with Crippen LogP contribution >= 0.6 is 22.9 Å². The molecule has 0 saturated carbocycles. The highest BCUT2D eigenvalue weighted by Crippen LogP contribution is 2.30. The van der Waals surface area contributed by atoms with Gasteiger partial charge in [-0.25, -0.2) is 0 Å². The van der Waals surface area contributed by atoms with E-state index in [-0.39, 0.29) is 12.2 Å². The van der Waals surface area contributed by atoms with Crippen LogP contribution in [0.4, 0.5) is 5.13 Å². The Morgan fingerprint density at radius 3 is 2.53 bits per heavy atom. The number of hydrogen-bond acceptors (Lipinski definition) is 8. The summed E-state index contributed by atoms with van der Waals surface area (Å²) in [4.78, 5) is 12.5. The Morgan fingerprint density at radius 2 is 1.85 bits per heavy atom. The molecule has 1 N–H and O–H groups in total. The smallest absolute Gasteiger partial charge is 0.268 e. The summed E-state index contributed by atoms with van der Waals surface area (Å²) < 4.78 is 17.1. The summed E-state index contributed by atoms with van der Waals surface area (Å²) in [6.45, 7) is 4.78. The number of nitrogens with one attached hydrogen (secondary N) is 1. The molecule has 0 saturated heterocycles. The van der Waals surface area contributed by atoms with Gasteiger partial charge in [0.25, 0.3) is 5.91 Å². The van der Waals surface area contributed by atoms with Crippen molar-refractivity contribution in [2.45, 2.75) is 20.3 Å². The average Bonchev–Trinajstić information content (AvgIpc) is 3.30. The van der Waals surface area contributed by atoms with E-state index < -0.39 is 5.91 Å². The number of carbonyl (C=O) groups excluding carboxylic acids is 1. The third-order valence-corrected chi connectivity index (χ3v) is 5.66. The normalized spacial score (nSPS) is 10.9. The molecule has 0 atom stereocenters. The minimum atomic E-state index is -0.559. The lowest BCUT2D eigenvalue weighted by Crippen LogP contribution is -2.13. The van der Waals surface area contributed by atoms with Gasteiger partial charge in [0.05, 0.1) is 11.6 Å². The summed E-state index contributed by atoms with van der Waals surface area (Å²) in [7, 11) is 0. The molecule has 1 heterocycles. The summed E-state index contributed by atoms with van der Waals surface area (Å²) in [5.41, 5.74) is 0.541. The molecular formula is C24H23ClN4O4S. The number of carbonyl (C=O) groups is 1. The van der Waals surface area contributed by atoms with Crippen molar-refractivity contribution >= 4 is 40.1 Å². The minimum Gasteiger partial charge on any atom is -0.490 e. The summed E-state index contributed by atoms with van der Waals surface area (Å²) in [5, 5.41) is 21.6. The third-order valence-electron chi connectivity index (χ3n) is 4.37. The van der Waals surface area contributed by atoms with Gasteiger partial charge in [-0.1, -0.05) is 48.1 Å². The van der Waals surface area contributed by atoms with E-state index in [1.54, 1.807) is 30.3 Å². The van der Waals surface area contributed by atoms with Crippen molar-refractivity contribution in [3.8, 4) is 23.3 Å². The Morgan fingerprint density at radius 1 is 1.09 bits per heavy atom. The Labute approximate surface area is 206 Å². The zero-order valence-corrected chi connectivity index (χ0v) is 20.3. The number of rotatable bonds is 11. The second-order valence-corrected chi connectivity index (χ2v) is 8.21.